The van der Waals surface area contributed by atoms with Crippen LogP contribution >= 0.6 is 11.6 Å². The molecular weight excluding hydrogens is 194 g/mol. The zero-order chi connectivity index (χ0) is 10.0. The van der Waals surface area contributed by atoms with Gasteiger partial charge in [0.25, 0.3) is 5.56 Å². The lowest BCUT2D eigenvalue weighted by atomic mass is 10.3. The fraction of sp³-hybridized carbons (Fsp3) is 0.375. The van der Waals surface area contributed by atoms with Crippen LogP contribution in [0.3, 0.4) is 0 Å². The number of aromatic nitrogens is 1. The molecule has 0 spiro atoms. The minimum absolute atomic E-state index is 0.0463. The van der Waals surface area contributed by atoms with Gasteiger partial charge < -0.3 is 10.2 Å². The number of halogens is 1. The lowest BCUT2D eigenvalue weighted by Crippen LogP contribution is -2.22. The maximum atomic E-state index is 11.4. The number of pyridine rings is 1. The second kappa shape index (κ2) is 3.81. The molecule has 0 atom stereocenters. The van der Waals surface area contributed by atoms with Crippen LogP contribution in [0, 0.1) is 6.92 Å². The summed E-state index contributed by atoms with van der Waals surface area (Å²) in [5.41, 5.74) is 0.0478. The van der Waals surface area contributed by atoms with E-state index >= 15 is 0 Å². The fourth-order valence-electron chi connectivity index (χ4n) is 1.04. The van der Waals surface area contributed by atoms with Gasteiger partial charge in [0.1, 0.15) is 5.02 Å². The molecule has 1 aromatic heterocycles. The predicted octanol–water partition coefficient (Wildman–Crippen LogP) is 0.508. The molecule has 1 aromatic rings. The van der Waals surface area contributed by atoms with Crippen molar-refractivity contribution in [1.82, 2.24) is 4.57 Å². The van der Waals surface area contributed by atoms with Crippen LogP contribution in [-0.2, 0) is 6.54 Å². The van der Waals surface area contributed by atoms with E-state index in [9.17, 15) is 9.90 Å². The van der Waals surface area contributed by atoms with E-state index in [1.807, 2.05) is 0 Å². The first-order valence-corrected chi connectivity index (χ1v) is 4.15. The van der Waals surface area contributed by atoms with E-state index in [0.29, 0.717) is 5.56 Å². The molecule has 0 aliphatic rings. The van der Waals surface area contributed by atoms with E-state index in [-0.39, 0.29) is 24.1 Å². The Balaban J connectivity index is 3.35. The lowest BCUT2D eigenvalue weighted by Gasteiger charge is -2.08. The van der Waals surface area contributed by atoms with Crippen molar-refractivity contribution < 1.29 is 10.2 Å². The minimum atomic E-state index is -0.479. The summed E-state index contributed by atoms with van der Waals surface area (Å²) < 4.78 is 1.02. The fourth-order valence-corrected chi connectivity index (χ4v) is 1.20. The number of hydrogen-bond donors (Lipinski definition) is 2. The maximum Gasteiger partial charge on any atom is 0.272 e. The quantitative estimate of drug-likeness (QED) is 0.736. The molecule has 0 saturated heterocycles. The summed E-state index contributed by atoms with van der Waals surface area (Å²) in [7, 11) is 0. The Morgan fingerprint density at radius 1 is 1.62 bits per heavy atom. The number of aliphatic hydroxyl groups is 1. The van der Waals surface area contributed by atoms with Crippen molar-refractivity contribution in [2.75, 3.05) is 6.61 Å². The van der Waals surface area contributed by atoms with E-state index in [2.05, 4.69) is 0 Å². The maximum absolute atomic E-state index is 11.4. The molecule has 13 heavy (non-hydrogen) atoms. The van der Waals surface area contributed by atoms with Crippen LogP contribution in [-0.4, -0.2) is 21.4 Å². The van der Waals surface area contributed by atoms with Gasteiger partial charge in [0.15, 0.2) is 5.88 Å². The van der Waals surface area contributed by atoms with Crippen LogP contribution in [0.1, 0.15) is 5.56 Å². The van der Waals surface area contributed by atoms with E-state index < -0.39 is 5.56 Å². The lowest BCUT2D eigenvalue weighted by molar-refractivity contribution is 0.264. The number of hydrogen-bond acceptors (Lipinski definition) is 3. The molecule has 0 fully saturated rings. The molecule has 72 valence electrons. The third-order valence-electron chi connectivity index (χ3n) is 1.72. The molecule has 0 saturated carbocycles. The van der Waals surface area contributed by atoms with Gasteiger partial charge in [0.2, 0.25) is 0 Å². The zero-order valence-electron chi connectivity index (χ0n) is 7.12. The second-order valence-electron chi connectivity index (χ2n) is 2.68. The summed E-state index contributed by atoms with van der Waals surface area (Å²) in [6.45, 7) is 1.46. The van der Waals surface area contributed by atoms with Crippen molar-refractivity contribution in [3.05, 3.63) is 27.0 Å². The van der Waals surface area contributed by atoms with E-state index in [0.717, 1.165) is 4.57 Å². The Kier molecular flexibility index (Phi) is 2.95. The number of rotatable bonds is 2. The van der Waals surface area contributed by atoms with Gasteiger partial charge in [0, 0.05) is 6.07 Å². The van der Waals surface area contributed by atoms with Gasteiger partial charge in [-0.15, -0.1) is 0 Å². The molecule has 4 nitrogen and oxygen atoms in total. The molecule has 0 aromatic carbocycles. The first-order valence-electron chi connectivity index (χ1n) is 3.77. The van der Waals surface area contributed by atoms with Crippen LogP contribution in [0.4, 0.5) is 0 Å². The van der Waals surface area contributed by atoms with Crippen molar-refractivity contribution in [3.8, 4) is 5.88 Å². The summed E-state index contributed by atoms with van der Waals surface area (Å²) in [6, 6.07) is 1.39. The summed E-state index contributed by atoms with van der Waals surface area (Å²) in [5.74, 6) is -0.180. The van der Waals surface area contributed by atoms with Crippen molar-refractivity contribution >= 4 is 11.6 Å². The molecular formula is C8H10ClNO3. The first kappa shape index (κ1) is 10.1. The van der Waals surface area contributed by atoms with Crippen LogP contribution in [0.15, 0.2) is 10.9 Å². The highest BCUT2D eigenvalue weighted by Gasteiger charge is 2.08. The van der Waals surface area contributed by atoms with Crippen LogP contribution < -0.4 is 5.56 Å². The molecule has 5 heteroatoms. The van der Waals surface area contributed by atoms with Gasteiger partial charge in [-0.25, -0.2) is 0 Å². The topological polar surface area (TPSA) is 62.5 Å². The van der Waals surface area contributed by atoms with Gasteiger partial charge in [0.05, 0.1) is 13.2 Å². The van der Waals surface area contributed by atoms with Crippen molar-refractivity contribution in [3.63, 3.8) is 0 Å². The molecule has 0 aliphatic carbocycles. The standard InChI is InChI=1S/C8H10ClNO3/c1-5-4-6(12)10(2-3-11)8(13)7(5)9/h4,11-12H,2-3H2,1H3. The van der Waals surface area contributed by atoms with Crippen molar-refractivity contribution in [2.45, 2.75) is 13.5 Å². The van der Waals surface area contributed by atoms with E-state index in [1.165, 1.54) is 6.07 Å². The SMILES string of the molecule is Cc1cc(O)n(CCO)c(=O)c1Cl. The zero-order valence-corrected chi connectivity index (χ0v) is 7.88. The van der Waals surface area contributed by atoms with Gasteiger partial charge in [-0.1, -0.05) is 11.6 Å². The largest absolute Gasteiger partial charge is 0.494 e. The summed E-state index contributed by atoms with van der Waals surface area (Å²) in [6.07, 6.45) is 0. The molecule has 0 amide bonds. The average molecular weight is 204 g/mol. The highest BCUT2D eigenvalue weighted by molar-refractivity contribution is 6.31. The number of aromatic hydroxyl groups is 1. The van der Waals surface area contributed by atoms with E-state index in [4.69, 9.17) is 16.7 Å². The van der Waals surface area contributed by atoms with Gasteiger partial charge in [-0.2, -0.15) is 0 Å². The molecule has 0 radical (unpaired) electrons. The smallest absolute Gasteiger partial charge is 0.272 e. The minimum Gasteiger partial charge on any atom is -0.494 e. The van der Waals surface area contributed by atoms with Crippen LogP contribution in [0.2, 0.25) is 5.02 Å². The summed E-state index contributed by atoms with van der Waals surface area (Å²) in [4.78, 5) is 11.4. The second-order valence-corrected chi connectivity index (χ2v) is 3.06. The molecule has 1 heterocycles. The Morgan fingerprint density at radius 2 is 2.23 bits per heavy atom. The third-order valence-corrected chi connectivity index (χ3v) is 2.18. The van der Waals surface area contributed by atoms with Crippen LogP contribution in [0.5, 0.6) is 5.88 Å². The predicted molar refractivity (Wildman–Crippen MR) is 49.2 cm³/mol. The molecule has 1 rings (SSSR count). The third kappa shape index (κ3) is 1.84. The Labute approximate surface area is 80.0 Å². The molecule has 0 bridgehead atoms. The van der Waals surface area contributed by atoms with Gasteiger partial charge in [-0.3, -0.25) is 9.36 Å². The van der Waals surface area contributed by atoms with Gasteiger partial charge in [-0.05, 0) is 12.5 Å². The van der Waals surface area contributed by atoms with Crippen LogP contribution in [0.25, 0.3) is 0 Å². The monoisotopic (exact) mass is 203 g/mol. The van der Waals surface area contributed by atoms with Gasteiger partial charge >= 0.3 is 0 Å². The number of nitrogens with zero attached hydrogens (tertiary/aromatic N) is 1. The molecule has 0 unspecified atom stereocenters. The normalized spacial score (nSPS) is 10.4. The summed E-state index contributed by atoms with van der Waals surface area (Å²) >= 11 is 5.66. The molecule has 0 aliphatic heterocycles. The highest BCUT2D eigenvalue weighted by atomic mass is 35.5. The first-order chi connectivity index (χ1) is 6.07. The number of aryl methyl sites for hydroxylation is 1. The van der Waals surface area contributed by atoms with E-state index in [1.54, 1.807) is 6.92 Å². The Morgan fingerprint density at radius 3 is 2.77 bits per heavy atom. The average Bonchev–Trinajstić information content (AvgIpc) is 2.09. The Bertz CT molecular complexity index is 372. The Hall–Kier alpha value is -1.00. The summed E-state index contributed by atoms with van der Waals surface area (Å²) in [5, 5.41) is 18.0. The van der Waals surface area contributed by atoms with Crippen molar-refractivity contribution in [2.24, 2.45) is 0 Å². The van der Waals surface area contributed by atoms with Crippen molar-refractivity contribution in [1.29, 1.82) is 0 Å². The molecule has 2 N–H and O–H groups in total. The highest BCUT2D eigenvalue weighted by Crippen LogP contribution is 2.15. The number of aliphatic hydroxyl groups excluding tert-OH is 1.